The lowest BCUT2D eigenvalue weighted by atomic mass is 10.3. The van der Waals surface area contributed by atoms with Gasteiger partial charge in [-0.2, -0.15) is 0 Å². The highest BCUT2D eigenvalue weighted by Gasteiger charge is 1.93. The van der Waals surface area contributed by atoms with Crippen LogP contribution in [0.3, 0.4) is 0 Å². The van der Waals surface area contributed by atoms with Gasteiger partial charge in [0, 0.05) is 9.75 Å². The molecule has 1 aromatic rings. The van der Waals surface area contributed by atoms with E-state index < -0.39 is 0 Å². The number of allylic oxidation sites excluding steroid dienone is 1. The first-order valence-corrected chi connectivity index (χ1v) is 4.91. The molecule has 64 valence electrons. The van der Waals surface area contributed by atoms with Crippen LogP contribution in [0.25, 0.3) is 6.08 Å². The van der Waals surface area contributed by atoms with Crippen LogP contribution in [-0.4, -0.2) is 11.7 Å². The van der Waals surface area contributed by atoms with Gasteiger partial charge in [0.1, 0.15) is 0 Å². The molecule has 3 heteroatoms. The molecule has 0 unspecified atom stereocenters. The molecule has 0 aliphatic rings. The van der Waals surface area contributed by atoms with E-state index in [1.54, 1.807) is 17.4 Å². The van der Waals surface area contributed by atoms with Crippen LogP contribution in [0.15, 0.2) is 18.2 Å². The summed E-state index contributed by atoms with van der Waals surface area (Å²) in [6.45, 7) is 2.03. The Morgan fingerprint density at radius 3 is 2.92 bits per heavy atom. The first kappa shape index (κ1) is 9.49. The lowest BCUT2D eigenvalue weighted by molar-refractivity contribution is -0.112. The molecule has 0 N–H and O–H groups in total. The normalized spacial score (nSPS) is 10.8. The van der Waals surface area contributed by atoms with E-state index in [0.717, 1.165) is 4.88 Å². The fourth-order valence-corrected chi connectivity index (χ4v) is 1.63. The Labute approximate surface area is 80.7 Å². The van der Waals surface area contributed by atoms with E-state index in [-0.39, 0.29) is 11.7 Å². The van der Waals surface area contributed by atoms with Crippen LogP contribution in [-0.2, 0) is 4.79 Å². The summed E-state index contributed by atoms with van der Waals surface area (Å²) >= 11 is 6.98. The van der Waals surface area contributed by atoms with E-state index in [1.165, 1.54) is 11.0 Å². The van der Waals surface area contributed by atoms with Crippen molar-refractivity contribution < 1.29 is 4.79 Å². The molecule has 0 aromatic carbocycles. The summed E-state index contributed by atoms with van der Waals surface area (Å²) in [7, 11) is 0. The molecule has 0 saturated heterocycles. The Bertz CT molecular complexity index is 301. The summed E-state index contributed by atoms with van der Waals surface area (Å²) < 4.78 is 0. The van der Waals surface area contributed by atoms with Gasteiger partial charge in [0.15, 0.2) is 5.78 Å². The number of ketones is 1. The number of aryl methyl sites for hydroxylation is 1. The third-order valence-electron chi connectivity index (χ3n) is 1.33. The quantitative estimate of drug-likeness (QED) is 0.542. The SMILES string of the molecule is Cc1ccc(C=CC(=O)CCl)s1. The van der Waals surface area contributed by atoms with Crippen molar-refractivity contribution in [3.05, 3.63) is 28.0 Å². The maximum atomic E-state index is 10.8. The first-order chi connectivity index (χ1) is 5.72. The zero-order valence-corrected chi connectivity index (χ0v) is 8.28. The number of alkyl halides is 1. The number of thiophene rings is 1. The molecule has 12 heavy (non-hydrogen) atoms. The second-order valence-corrected chi connectivity index (χ2v) is 3.97. The van der Waals surface area contributed by atoms with Gasteiger partial charge < -0.3 is 0 Å². The number of carbonyl (C=O) groups excluding carboxylic acids is 1. The Balaban J connectivity index is 2.63. The average Bonchev–Trinajstić information content (AvgIpc) is 2.47. The van der Waals surface area contributed by atoms with Gasteiger partial charge in [0.25, 0.3) is 0 Å². The second kappa shape index (κ2) is 4.43. The second-order valence-electron chi connectivity index (χ2n) is 2.38. The van der Waals surface area contributed by atoms with Gasteiger partial charge in [-0.25, -0.2) is 0 Å². The molecular formula is C9H9ClOS. The Kier molecular flexibility index (Phi) is 3.50. The number of carbonyl (C=O) groups is 1. The minimum absolute atomic E-state index is 0.0530. The van der Waals surface area contributed by atoms with Crippen molar-refractivity contribution in [3.8, 4) is 0 Å². The van der Waals surface area contributed by atoms with Crippen LogP contribution < -0.4 is 0 Å². The topological polar surface area (TPSA) is 17.1 Å². The molecule has 0 aliphatic carbocycles. The molecule has 0 saturated carbocycles. The summed E-state index contributed by atoms with van der Waals surface area (Å²) in [4.78, 5) is 13.1. The molecular weight excluding hydrogens is 192 g/mol. The van der Waals surface area contributed by atoms with E-state index in [2.05, 4.69) is 0 Å². The minimum atomic E-state index is -0.0530. The average molecular weight is 201 g/mol. The van der Waals surface area contributed by atoms with Crippen molar-refractivity contribution >= 4 is 34.8 Å². The number of hydrogen-bond acceptors (Lipinski definition) is 2. The molecule has 0 atom stereocenters. The predicted octanol–water partition coefficient (Wildman–Crippen LogP) is 2.88. The Hall–Kier alpha value is -0.600. The predicted molar refractivity (Wildman–Crippen MR) is 53.8 cm³/mol. The third kappa shape index (κ3) is 2.80. The zero-order chi connectivity index (χ0) is 8.97. The molecule has 0 aliphatic heterocycles. The molecule has 0 amide bonds. The van der Waals surface area contributed by atoms with Crippen LogP contribution in [0.2, 0.25) is 0 Å². The van der Waals surface area contributed by atoms with Gasteiger partial charge in [-0.05, 0) is 31.2 Å². The van der Waals surface area contributed by atoms with E-state index in [9.17, 15) is 4.79 Å². The molecule has 1 aromatic heterocycles. The van der Waals surface area contributed by atoms with E-state index in [1.807, 2.05) is 19.1 Å². The van der Waals surface area contributed by atoms with Crippen molar-refractivity contribution in [1.29, 1.82) is 0 Å². The van der Waals surface area contributed by atoms with Gasteiger partial charge >= 0.3 is 0 Å². The Morgan fingerprint density at radius 2 is 2.42 bits per heavy atom. The summed E-state index contributed by atoms with van der Waals surface area (Å²) in [5.41, 5.74) is 0. The van der Waals surface area contributed by atoms with Crippen LogP contribution in [0.4, 0.5) is 0 Å². The number of halogens is 1. The van der Waals surface area contributed by atoms with Crippen LogP contribution in [0.5, 0.6) is 0 Å². The van der Waals surface area contributed by atoms with Crippen LogP contribution in [0.1, 0.15) is 9.75 Å². The van der Waals surface area contributed by atoms with E-state index in [4.69, 9.17) is 11.6 Å². The van der Waals surface area contributed by atoms with Crippen molar-refractivity contribution in [1.82, 2.24) is 0 Å². The smallest absolute Gasteiger partial charge is 0.170 e. The van der Waals surface area contributed by atoms with Crippen molar-refractivity contribution in [2.24, 2.45) is 0 Å². The highest BCUT2D eigenvalue weighted by molar-refractivity contribution is 7.12. The van der Waals surface area contributed by atoms with Crippen molar-refractivity contribution in [2.45, 2.75) is 6.92 Å². The monoisotopic (exact) mass is 200 g/mol. The summed E-state index contributed by atoms with van der Waals surface area (Å²) in [5, 5.41) is 0. The standard InChI is InChI=1S/C9H9ClOS/c1-7-2-4-9(12-7)5-3-8(11)6-10/h2-5H,6H2,1H3. The van der Waals surface area contributed by atoms with Gasteiger partial charge in [-0.1, -0.05) is 0 Å². The van der Waals surface area contributed by atoms with Gasteiger partial charge in [-0.3, -0.25) is 4.79 Å². The molecule has 0 fully saturated rings. The Morgan fingerprint density at radius 1 is 1.67 bits per heavy atom. The summed E-state index contributed by atoms with van der Waals surface area (Å²) in [6, 6.07) is 4.01. The molecule has 0 bridgehead atoms. The largest absolute Gasteiger partial charge is 0.294 e. The lowest BCUT2D eigenvalue weighted by Gasteiger charge is -1.83. The molecule has 1 rings (SSSR count). The minimum Gasteiger partial charge on any atom is -0.294 e. The number of rotatable bonds is 3. The fourth-order valence-electron chi connectivity index (χ4n) is 0.763. The summed E-state index contributed by atoms with van der Waals surface area (Å²) in [6.07, 6.45) is 3.31. The van der Waals surface area contributed by atoms with Crippen LogP contribution in [0, 0.1) is 6.92 Å². The van der Waals surface area contributed by atoms with Gasteiger partial charge in [-0.15, -0.1) is 22.9 Å². The number of hydrogen-bond donors (Lipinski definition) is 0. The molecule has 0 radical (unpaired) electrons. The molecule has 1 nitrogen and oxygen atoms in total. The third-order valence-corrected chi connectivity index (χ3v) is 2.56. The molecule has 0 spiro atoms. The highest BCUT2D eigenvalue weighted by atomic mass is 35.5. The molecule has 1 heterocycles. The maximum Gasteiger partial charge on any atom is 0.170 e. The van der Waals surface area contributed by atoms with Crippen molar-refractivity contribution in [3.63, 3.8) is 0 Å². The van der Waals surface area contributed by atoms with E-state index in [0.29, 0.717) is 0 Å². The highest BCUT2D eigenvalue weighted by Crippen LogP contribution is 2.16. The summed E-state index contributed by atoms with van der Waals surface area (Å²) in [5.74, 6) is 0.00337. The van der Waals surface area contributed by atoms with Crippen molar-refractivity contribution in [2.75, 3.05) is 5.88 Å². The van der Waals surface area contributed by atoms with E-state index >= 15 is 0 Å². The van der Waals surface area contributed by atoms with Gasteiger partial charge in [0.2, 0.25) is 0 Å². The zero-order valence-electron chi connectivity index (χ0n) is 6.71. The van der Waals surface area contributed by atoms with Crippen LogP contribution >= 0.6 is 22.9 Å². The lowest BCUT2D eigenvalue weighted by Crippen LogP contribution is -1.90. The fraction of sp³-hybridized carbons (Fsp3) is 0.222. The maximum absolute atomic E-state index is 10.8. The first-order valence-electron chi connectivity index (χ1n) is 3.55. The van der Waals surface area contributed by atoms with Gasteiger partial charge in [0.05, 0.1) is 5.88 Å².